The zero-order valence-electron chi connectivity index (χ0n) is 11.4. The molecule has 2 aromatic rings. The summed E-state index contributed by atoms with van der Waals surface area (Å²) in [6.07, 6.45) is 0. The lowest BCUT2D eigenvalue weighted by Gasteiger charge is -2.19. The van der Waals surface area contributed by atoms with Gasteiger partial charge in [-0.2, -0.15) is 0 Å². The fourth-order valence-electron chi connectivity index (χ4n) is 2.13. The summed E-state index contributed by atoms with van der Waals surface area (Å²) in [4.78, 5) is 3.50. The SMILES string of the molecule is Cc1cc(C)c2[nH]c(CNC(C)(C)C)cc2c1. The number of aryl methyl sites for hydroxylation is 2. The second kappa shape index (κ2) is 4.19. The van der Waals surface area contributed by atoms with E-state index in [-0.39, 0.29) is 5.54 Å². The van der Waals surface area contributed by atoms with E-state index in [9.17, 15) is 0 Å². The summed E-state index contributed by atoms with van der Waals surface area (Å²) in [5.74, 6) is 0. The highest BCUT2D eigenvalue weighted by molar-refractivity contribution is 5.84. The van der Waals surface area contributed by atoms with Crippen LogP contribution in [0.3, 0.4) is 0 Å². The average molecular weight is 230 g/mol. The number of rotatable bonds is 2. The zero-order valence-corrected chi connectivity index (χ0v) is 11.4. The maximum atomic E-state index is 3.50. The van der Waals surface area contributed by atoms with E-state index in [1.807, 2.05) is 0 Å². The number of fused-ring (bicyclic) bond motifs is 1. The fourth-order valence-corrected chi connectivity index (χ4v) is 2.13. The lowest BCUT2D eigenvalue weighted by atomic mass is 10.1. The van der Waals surface area contributed by atoms with Gasteiger partial charge in [-0.3, -0.25) is 0 Å². The number of aromatic amines is 1. The Morgan fingerprint density at radius 1 is 1.12 bits per heavy atom. The van der Waals surface area contributed by atoms with Crippen LogP contribution in [0.25, 0.3) is 10.9 Å². The van der Waals surface area contributed by atoms with Crippen LogP contribution in [0.15, 0.2) is 18.2 Å². The molecule has 0 aliphatic carbocycles. The Morgan fingerprint density at radius 2 is 1.82 bits per heavy atom. The van der Waals surface area contributed by atoms with Gasteiger partial charge in [0.15, 0.2) is 0 Å². The van der Waals surface area contributed by atoms with Gasteiger partial charge in [0.2, 0.25) is 0 Å². The van der Waals surface area contributed by atoms with Gasteiger partial charge in [0, 0.05) is 28.7 Å². The van der Waals surface area contributed by atoms with E-state index < -0.39 is 0 Å². The second-order valence-corrected chi connectivity index (χ2v) is 5.94. The molecular formula is C15H22N2. The molecule has 0 amide bonds. The number of hydrogen-bond donors (Lipinski definition) is 2. The minimum atomic E-state index is 0.155. The highest BCUT2D eigenvalue weighted by Gasteiger charge is 2.10. The summed E-state index contributed by atoms with van der Waals surface area (Å²) in [5.41, 5.74) is 5.32. The number of nitrogens with one attached hydrogen (secondary N) is 2. The Morgan fingerprint density at radius 3 is 2.47 bits per heavy atom. The number of hydrogen-bond acceptors (Lipinski definition) is 1. The van der Waals surface area contributed by atoms with E-state index in [0.717, 1.165) is 6.54 Å². The van der Waals surface area contributed by atoms with Crippen LogP contribution in [-0.2, 0) is 6.54 Å². The predicted octanol–water partition coefficient (Wildman–Crippen LogP) is 3.67. The van der Waals surface area contributed by atoms with Crippen LogP contribution in [0.1, 0.15) is 37.6 Å². The van der Waals surface area contributed by atoms with E-state index in [1.54, 1.807) is 0 Å². The van der Waals surface area contributed by atoms with Crippen molar-refractivity contribution in [2.75, 3.05) is 0 Å². The normalized spacial score (nSPS) is 12.3. The van der Waals surface area contributed by atoms with Crippen LogP contribution < -0.4 is 5.32 Å². The first-order valence-electron chi connectivity index (χ1n) is 6.19. The average Bonchev–Trinajstić information content (AvgIpc) is 2.56. The van der Waals surface area contributed by atoms with Crippen molar-refractivity contribution < 1.29 is 0 Å². The highest BCUT2D eigenvalue weighted by Crippen LogP contribution is 2.21. The molecule has 0 fully saturated rings. The highest BCUT2D eigenvalue weighted by atomic mass is 15.0. The molecule has 0 radical (unpaired) electrons. The molecule has 2 heteroatoms. The minimum absolute atomic E-state index is 0.155. The van der Waals surface area contributed by atoms with Gasteiger partial charge in [-0.25, -0.2) is 0 Å². The molecule has 2 rings (SSSR count). The molecule has 0 saturated heterocycles. The molecule has 0 saturated carbocycles. The first kappa shape index (κ1) is 12.2. The van der Waals surface area contributed by atoms with Crippen LogP contribution in [0, 0.1) is 13.8 Å². The fraction of sp³-hybridized carbons (Fsp3) is 0.467. The third kappa shape index (κ3) is 2.89. The van der Waals surface area contributed by atoms with Crippen molar-refractivity contribution in [3.05, 3.63) is 35.0 Å². The van der Waals surface area contributed by atoms with Gasteiger partial charge in [0.1, 0.15) is 0 Å². The molecule has 92 valence electrons. The van der Waals surface area contributed by atoms with Crippen molar-refractivity contribution in [3.8, 4) is 0 Å². The van der Waals surface area contributed by atoms with Crippen molar-refractivity contribution in [1.82, 2.24) is 10.3 Å². The molecule has 0 spiro atoms. The van der Waals surface area contributed by atoms with Crippen molar-refractivity contribution in [2.24, 2.45) is 0 Å². The largest absolute Gasteiger partial charge is 0.357 e. The Labute approximate surface area is 103 Å². The Bertz CT molecular complexity index is 530. The molecular weight excluding hydrogens is 208 g/mol. The van der Waals surface area contributed by atoms with Crippen molar-refractivity contribution in [1.29, 1.82) is 0 Å². The molecule has 0 aliphatic heterocycles. The van der Waals surface area contributed by atoms with E-state index in [0.29, 0.717) is 0 Å². The van der Waals surface area contributed by atoms with Gasteiger partial charge < -0.3 is 10.3 Å². The molecule has 0 aliphatic rings. The number of benzene rings is 1. The molecule has 1 aromatic carbocycles. The second-order valence-electron chi connectivity index (χ2n) is 5.94. The summed E-state index contributed by atoms with van der Waals surface area (Å²) >= 11 is 0. The van der Waals surface area contributed by atoms with E-state index in [4.69, 9.17) is 0 Å². The zero-order chi connectivity index (χ0) is 12.6. The van der Waals surface area contributed by atoms with Crippen LogP contribution in [0.5, 0.6) is 0 Å². The monoisotopic (exact) mass is 230 g/mol. The van der Waals surface area contributed by atoms with Crippen molar-refractivity contribution in [2.45, 2.75) is 46.7 Å². The summed E-state index contributed by atoms with van der Waals surface area (Å²) in [6.45, 7) is 11.7. The molecule has 0 atom stereocenters. The summed E-state index contributed by atoms with van der Waals surface area (Å²) < 4.78 is 0. The lowest BCUT2D eigenvalue weighted by molar-refractivity contribution is 0.422. The maximum Gasteiger partial charge on any atom is 0.0486 e. The van der Waals surface area contributed by atoms with Gasteiger partial charge in [-0.1, -0.05) is 11.6 Å². The molecule has 0 unspecified atom stereocenters. The minimum Gasteiger partial charge on any atom is -0.357 e. The molecule has 2 N–H and O–H groups in total. The molecule has 1 aromatic heterocycles. The lowest BCUT2D eigenvalue weighted by Crippen LogP contribution is -2.35. The van der Waals surface area contributed by atoms with Crippen LogP contribution >= 0.6 is 0 Å². The number of H-pyrrole nitrogens is 1. The van der Waals surface area contributed by atoms with Crippen molar-refractivity contribution >= 4 is 10.9 Å². The topological polar surface area (TPSA) is 27.8 Å². The van der Waals surface area contributed by atoms with Crippen molar-refractivity contribution in [3.63, 3.8) is 0 Å². The summed E-state index contributed by atoms with van der Waals surface area (Å²) in [7, 11) is 0. The maximum absolute atomic E-state index is 3.50. The summed E-state index contributed by atoms with van der Waals surface area (Å²) in [5, 5.41) is 4.82. The van der Waals surface area contributed by atoms with Gasteiger partial charge in [0.25, 0.3) is 0 Å². The molecule has 1 heterocycles. The Hall–Kier alpha value is -1.28. The molecule has 2 nitrogen and oxygen atoms in total. The smallest absolute Gasteiger partial charge is 0.0486 e. The van der Waals surface area contributed by atoms with E-state index >= 15 is 0 Å². The van der Waals surface area contributed by atoms with Crippen LogP contribution in [-0.4, -0.2) is 10.5 Å². The van der Waals surface area contributed by atoms with Crippen LogP contribution in [0.4, 0.5) is 0 Å². The van der Waals surface area contributed by atoms with Gasteiger partial charge in [0.05, 0.1) is 0 Å². The number of aromatic nitrogens is 1. The van der Waals surface area contributed by atoms with Gasteiger partial charge in [-0.15, -0.1) is 0 Å². The first-order chi connectivity index (χ1) is 7.85. The quantitative estimate of drug-likeness (QED) is 0.809. The van der Waals surface area contributed by atoms with Gasteiger partial charge >= 0.3 is 0 Å². The molecule has 17 heavy (non-hydrogen) atoms. The van der Waals surface area contributed by atoms with Gasteiger partial charge in [-0.05, 0) is 52.3 Å². The standard InChI is InChI=1S/C15H22N2/c1-10-6-11(2)14-12(7-10)8-13(17-14)9-16-15(3,4)5/h6-8,16-17H,9H2,1-5H3. The van der Waals surface area contributed by atoms with E-state index in [1.165, 1.54) is 27.7 Å². The summed E-state index contributed by atoms with van der Waals surface area (Å²) in [6, 6.07) is 6.70. The Kier molecular flexibility index (Phi) is 3.00. The predicted molar refractivity (Wildman–Crippen MR) is 74.4 cm³/mol. The first-order valence-corrected chi connectivity index (χ1v) is 6.19. The third-order valence-electron chi connectivity index (χ3n) is 2.93. The molecule has 0 bridgehead atoms. The third-order valence-corrected chi connectivity index (χ3v) is 2.93. The Balaban J connectivity index is 2.29. The van der Waals surface area contributed by atoms with Crippen LogP contribution in [0.2, 0.25) is 0 Å². The van der Waals surface area contributed by atoms with E-state index in [2.05, 4.69) is 63.1 Å².